The van der Waals surface area contributed by atoms with E-state index >= 15 is 0 Å². The summed E-state index contributed by atoms with van der Waals surface area (Å²) in [5, 5.41) is 9.51. The molecule has 0 aliphatic carbocycles. The molecule has 0 spiro atoms. The largest absolute Gasteiger partial charge is 0.508 e. The average molecular weight is 242 g/mol. The summed E-state index contributed by atoms with van der Waals surface area (Å²) in [4.78, 5) is 11.7. The highest BCUT2D eigenvalue weighted by atomic mass is 16.5. The van der Waals surface area contributed by atoms with Crippen molar-refractivity contribution in [3.8, 4) is 11.5 Å². The number of hydrogen-bond donors (Lipinski definition) is 1. The summed E-state index contributed by atoms with van der Waals surface area (Å²) < 4.78 is 5.16. The third kappa shape index (κ3) is 3.10. The molecular formula is C15H14O3. The summed E-state index contributed by atoms with van der Waals surface area (Å²) in [6.45, 7) is 1.78. The molecule has 0 aromatic heterocycles. The first-order valence-electron chi connectivity index (χ1n) is 5.69. The molecule has 0 aliphatic rings. The molecule has 0 bridgehead atoms. The maximum atomic E-state index is 11.7. The minimum atomic E-state index is -0.343. The van der Waals surface area contributed by atoms with E-state index in [1.165, 1.54) is 6.07 Å². The van der Waals surface area contributed by atoms with Gasteiger partial charge in [-0.1, -0.05) is 36.4 Å². The number of carbonyl (C=O) groups is 1. The standard InChI is InChI=1S/C15H14O3/c1-11-7-8-13(10-14(11)16)18-15(17)9-12-5-3-2-4-6-12/h2-8,10,16H,9H2,1H3. The van der Waals surface area contributed by atoms with Gasteiger partial charge >= 0.3 is 5.97 Å². The Hall–Kier alpha value is -2.29. The molecule has 1 N–H and O–H groups in total. The number of aromatic hydroxyl groups is 1. The van der Waals surface area contributed by atoms with Crippen LogP contribution in [0.25, 0.3) is 0 Å². The van der Waals surface area contributed by atoms with Gasteiger partial charge in [-0.25, -0.2) is 0 Å². The second-order valence-corrected chi connectivity index (χ2v) is 4.08. The van der Waals surface area contributed by atoms with Gasteiger partial charge < -0.3 is 9.84 Å². The van der Waals surface area contributed by atoms with Crippen LogP contribution in [-0.2, 0) is 11.2 Å². The molecule has 0 heterocycles. The summed E-state index contributed by atoms with van der Waals surface area (Å²) in [7, 11) is 0. The van der Waals surface area contributed by atoms with Crippen molar-refractivity contribution < 1.29 is 14.6 Å². The summed E-state index contributed by atoms with van der Waals surface area (Å²) in [6, 6.07) is 14.2. The molecular weight excluding hydrogens is 228 g/mol. The molecule has 2 rings (SSSR count). The Morgan fingerprint density at radius 1 is 1.17 bits per heavy atom. The monoisotopic (exact) mass is 242 g/mol. The Kier molecular flexibility index (Phi) is 3.63. The van der Waals surface area contributed by atoms with E-state index in [0.717, 1.165) is 11.1 Å². The number of carbonyl (C=O) groups excluding carboxylic acids is 1. The van der Waals surface area contributed by atoms with Crippen molar-refractivity contribution >= 4 is 5.97 Å². The lowest BCUT2D eigenvalue weighted by molar-refractivity contribution is -0.133. The van der Waals surface area contributed by atoms with Crippen molar-refractivity contribution in [3.05, 3.63) is 59.7 Å². The predicted octanol–water partition coefficient (Wildman–Crippen LogP) is 2.85. The number of benzene rings is 2. The van der Waals surface area contributed by atoms with Crippen molar-refractivity contribution in [2.24, 2.45) is 0 Å². The molecule has 2 aromatic carbocycles. The second kappa shape index (κ2) is 5.36. The number of rotatable bonds is 3. The van der Waals surface area contributed by atoms with Crippen molar-refractivity contribution in [3.63, 3.8) is 0 Å². The number of phenols is 1. The van der Waals surface area contributed by atoms with Gasteiger partial charge in [-0.15, -0.1) is 0 Å². The van der Waals surface area contributed by atoms with Crippen molar-refractivity contribution in [2.45, 2.75) is 13.3 Å². The van der Waals surface area contributed by atoms with E-state index < -0.39 is 0 Å². The van der Waals surface area contributed by atoms with Crippen LogP contribution >= 0.6 is 0 Å². The van der Waals surface area contributed by atoms with Gasteiger partial charge in [-0.3, -0.25) is 4.79 Å². The van der Waals surface area contributed by atoms with Gasteiger partial charge in [-0.2, -0.15) is 0 Å². The first kappa shape index (κ1) is 12.2. The van der Waals surface area contributed by atoms with Gasteiger partial charge in [0.15, 0.2) is 0 Å². The van der Waals surface area contributed by atoms with Crippen LogP contribution in [-0.4, -0.2) is 11.1 Å². The summed E-state index contributed by atoms with van der Waals surface area (Å²) in [5.41, 5.74) is 1.65. The Balaban J connectivity index is 2.01. The van der Waals surface area contributed by atoms with E-state index in [0.29, 0.717) is 5.75 Å². The van der Waals surface area contributed by atoms with E-state index in [1.54, 1.807) is 19.1 Å². The van der Waals surface area contributed by atoms with Crippen LogP contribution in [0.5, 0.6) is 11.5 Å². The maximum Gasteiger partial charge on any atom is 0.315 e. The van der Waals surface area contributed by atoms with Crippen molar-refractivity contribution in [1.29, 1.82) is 0 Å². The normalized spacial score (nSPS) is 10.1. The van der Waals surface area contributed by atoms with Gasteiger partial charge in [0.05, 0.1) is 6.42 Å². The first-order chi connectivity index (χ1) is 8.65. The zero-order chi connectivity index (χ0) is 13.0. The SMILES string of the molecule is Cc1ccc(OC(=O)Cc2ccccc2)cc1O. The molecule has 0 fully saturated rings. The van der Waals surface area contributed by atoms with Crippen molar-refractivity contribution in [1.82, 2.24) is 0 Å². The summed E-state index contributed by atoms with van der Waals surface area (Å²) in [6.07, 6.45) is 0.218. The smallest absolute Gasteiger partial charge is 0.315 e. The Labute approximate surface area is 106 Å². The fourth-order valence-corrected chi connectivity index (χ4v) is 1.58. The summed E-state index contributed by atoms with van der Waals surface area (Å²) in [5.74, 6) is 0.142. The quantitative estimate of drug-likeness (QED) is 0.665. The molecule has 0 amide bonds. The fraction of sp³-hybridized carbons (Fsp3) is 0.133. The van der Waals surface area contributed by atoms with E-state index in [1.807, 2.05) is 30.3 Å². The zero-order valence-corrected chi connectivity index (χ0v) is 10.1. The third-order valence-corrected chi connectivity index (χ3v) is 2.60. The lowest BCUT2D eigenvalue weighted by atomic mass is 10.1. The van der Waals surface area contributed by atoms with Gasteiger partial charge in [0, 0.05) is 6.07 Å². The van der Waals surface area contributed by atoms with Crippen LogP contribution in [0.15, 0.2) is 48.5 Å². The molecule has 18 heavy (non-hydrogen) atoms. The number of esters is 1. The fourth-order valence-electron chi connectivity index (χ4n) is 1.58. The Morgan fingerprint density at radius 3 is 2.56 bits per heavy atom. The van der Waals surface area contributed by atoms with Crippen LogP contribution < -0.4 is 4.74 Å². The van der Waals surface area contributed by atoms with Crippen LogP contribution in [0, 0.1) is 6.92 Å². The predicted molar refractivity (Wildman–Crippen MR) is 68.6 cm³/mol. The third-order valence-electron chi connectivity index (χ3n) is 2.60. The van der Waals surface area contributed by atoms with Crippen LogP contribution in [0.1, 0.15) is 11.1 Å². The molecule has 0 aliphatic heterocycles. The minimum absolute atomic E-state index is 0.125. The van der Waals surface area contributed by atoms with Crippen LogP contribution in [0.2, 0.25) is 0 Å². The number of phenolic OH excluding ortho intramolecular Hbond substituents is 1. The highest BCUT2D eigenvalue weighted by molar-refractivity contribution is 5.75. The Bertz CT molecular complexity index is 547. The van der Waals surface area contributed by atoms with Gasteiger partial charge in [-0.05, 0) is 24.1 Å². The van der Waals surface area contributed by atoms with Gasteiger partial charge in [0.2, 0.25) is 0 Å². The molecule has 0 radical (unpaired) electrons. The second-order valence-electron chi connectivity index (χ2n) is 4.08. The van der Waals surface area contributed by atoms with E-state index in [4.69, 9.17) is 4.74 Å². The van der Waals surface area contributed by atoms with Crippen LogP contribution in [0.4, 0.5) is 0 Å². The molecule has 92 valence electrons. The van der Waals surface area contributed by atoms with Crippen LogP contribution in [0.3, 0.4) is 0 Å². The summed E-state index contributed by atoms with van der Waals surface area (Å²) >= 11 is 0. The van der Waals surface area contributed by atoms with E-state index in [9.17, 15) is 9.90 Å². The lowest BCUT2D eigenvalue weighted by Crippen LogP contribution is -2.11. The van der Waals surface area contributed by atoms with Crippen molar-refractivity contribution in [2.75, 3.05) is 0 Å². The molecule has 3 nitrogen and oxygen atoms in total. The average Bonchev–Trinajstić information content (AvgIpc) is 2.35. The molecule has 0 saturated heterocycles. The Morgan fingerprint density at radius 2 is 1.89 bits per heavy atom. The maximum absolute atomic E-state index is 11.7. The zero-order valence-electron chi connectivity index (χ0n) is 10.1. The number of ether oxygens (including phenoxy) is 1. The highest BCUT2D eigenvalue weighted by Crippen LogP contribution is 2.22. The molecule has 2 aromatic rings. The van der Waals surface area contributed by atoms with E-state index in [-0.39, 0.29) is 18.1 Å². The molecule has 3 heteroatoms. The van der Waals surface area contributed by atoms with Gasteiger partial charge in [0.1, 0.15) is 11.5 Å². The van der Waals surface area contributed by atoms with E-state index in [2.05, 4.69) is 0 Å². The topological polar surface area (TPSA) is 46.5 Å². The lowest BCUT2D eigenvalue weighted by Gasteiger charge is -2.06. The molecule has 0 saturated carbocycles. The molecule has 0 unspecified atom stereocenters. The molecule has 0 atom stereocenters. The highest BCUT2D eigenvalue weighted by Gasteiger charge is 2.07. The minimum Gasteiger partial charge on any atom is -0.508 e. The van der Waals surface area contributed by atoms with Gasteiger partial charge in [0.25, 0.3) is 0 Å². The number of aryl methyl sites for hydroxylation is 1. The number of hydrogen-bond acceptors (Lipinski definition) is 3. The first-order valence-corrected chi connectivity index (χ1v) is 5.69.